The van der Waals surface area contributed by atoms with Crippen molar-refractivity contribution in [3.05, 3.63) is 52.7 Å². The zero-order valence-electron chi connectivity index (χ0n) is 14.2. The van der Waals surface area contributed by atoms with E-state index >= 15 is 0 Å². The number of carbonyl (C=O) groups excluding carboxylic acids is 1. The molecule has 0 atom stereocenters. The molecule has 1 aliphatic heterocycles. The van der Waals surface area contributed by atoms with Gasteiger partial charge in [-0.25, -0.2) is 0 Å². The standard InChI is InChI=1S/C20H24N2O/c1-14-10-18(11-15(2)16(14)3)20-12-17(4-7-21-20)13-22-8-5-19(23)6-9-22/h4,7,10-12H,5-6,8-9,13H2,1-3H3. The van der Waals surface area contributed by atoms with Gasteiger partial charge in [0.1, 0.15) is 5.78 Å². The number of pyridine rings is 1. The first kappa shape index (κ1) is 15.9. The van der Waals surface area contributed by atoms with E-state index in [0.29, 0.717) is 18.6 Å². The number of aromatic nitrogens is 1. The Morgan fingerprint density at radius 1 is 1.04 bits per heavy atom. The fourth-order valence-corrected chi connectivity index (χ4v) is 3.13. The van der Waals surface area contributed by atoms with Gasteiger partial charge in [0, 0.05) is 44.2 Å². The van der Waals surface area contributed by atoms with Crippen molar-refractivity contribution in [1.29, 1.82) is 0 Å². The molecule has 120 valence electrons. The summed E-state index contributed by atoms with van der Waals surface area (Å²) in [6, 6.07) is 8.69. The third-order valence-electron chi connectivity index (χ3n) is 4.87. The SMILES string of the molecule is Cc1cc(-c2cc(CN3CCC(=O)CC3)ccn2)cc(C)c1C. The van der Waals surface area contributed by atoms with Crippen LogP contribution in [0, 0.1) is 20.8 Å². The normalized spacial score (nSPS) is 15.9. The van der Waals surface area contributed by atoms with Gasteiger partial charge in [-0.1, -0.05) is 0 Å². The summed E-state index contributed by atoms with van der Waals surface area (Å²) in [6.45, 7) is 9.11. The summed E-state index contributed by atoms with van der Waals surface area (Å²) in [7, 11) is 0. The summed E-state index contributed by atoms with van der Waals surface area (Å²) in [5.41, 5.74) is 7.44. The Bertz CT molecular complexity index is 703. The van der Waals surface area contributed by atoms with E-state index in [1.165, 1.54) is 27.8 Å². The summed E-state index contributed by atoms with van der Waals surface area (Å²) in [5.74, 6) is 0.391. The molecule has 2 heterocycles. The van der Waals surface area contributed by atoms with Crippen LogP contribution in [0.1, 0.15) is 35.1 Å². The van der Waals surface area contributed by atoms with Crippen molar-refractivity contribution in [3.8, 4) is 11.3 Å². The van der Waals surface area contributed by atoms with Crippen molar-refractivity contribution in [2.45, 2.75) is 40.2 Å². The van der Waals surface area contributed by atoms with Crippen molar-refractivity contribution < 1.29 is 4.79 Å². The highest BCUT2D eigenvalue weighted by atomic mass is 16.1. The number of carbonyl (C=O) groups is 1. The van der Waals surface area contributed by atoms with Crippen LogP contribution >= 0.6 is 0 Å². The molecule has 1 fully saturated rings. The van der Waals surface area contributed by atoms with E-state index in [1.54, 1.807) is 0 Å². The molecule has 1 saturated heterocycles. The number of aryl methyl sites for hydroxylation is 2. The minimum absolute atomic E-state index is 0.391. The zero-order valence-corrected chi connectivity index (χ0v) is 14.2. The Morgan fingerprint density at radius 2 is 1.70 bits per heavy atom. The average molecular weight is 308 g/mol. The van der Waals surface area contributed by atoms with E-state index in [0.717, 1.165) is 25.3 Å². The lowest BCUT2D eigenvalue weighted by Crippen LogP contribution is -2.33. The summed E-state index contributed by atoms with van der Waals surface area (Å²) < 4.78 is 0. The van der Waals surface area contributed by atoms with Gasteiger partial charge < -0.3 is 0 Å². The molecule has 0 N–H and O–H groups in total. The van der Waals surface area contributed by atoms with E-state index in [9.17, 15) is 4.79 Å². The average Bonchev–Trinajstić information content (AvgIpc) is 2.54. The van der Waals surface area contributed by atoms with Gasteiger partial charge in [0.2, 0.25) is 0 Å². The number of piperidine rings is 1. The van der Waals surface area contributed by atoms with Crippen molar-refractivity contribution in [1.82, 2.24) is 9.88 Å². The number of hydrogen-bond acceptors (Lipinski definition) is 3. The molecule has 3 heteroatoms. The lowest BCUT2D eigenvalue weighted by molar-refractivity contribution is -0.121. The van der Waals surface area contributed by atoms with Crippen LogP contribution in [0.5, 0.6) is 0 Å². The second-order valence-electron chi connectivity index (χ2n) is 6.60. The lowest BCUT2D eigenvalue weighted by atomic mass is 9.98. The maximum atomic E-state index is 11.4. The maximum Gasteiger partial charge on any atom is 0.135 e. The summed E-state index contributed by atoms with van der Waals surface area (Å²) in [4.78, 5) is 18.3. The van der Waals surface area contributed by atoms with Crippen LogP contribution in [0.4, 0.5) is 0 Å². The molecule has 0 spiro atoms. The monoisotopic (exact) mass is 308 g/mol. The molecule has 3 nitrogen and oxygen atoms in total. The summed E-state index contributed by atoms with van der Waals surface area (Å²) in [6.07, 6.45) is 3.27. The van der Waals surface area contributed by atoms with Crippen LogP contribution in [-0.4, -0.2) is 28.8 Å². The molecule has 2 aromatic rings. The summed E-state index contributed by atoms with van der Waals surface area (Å²) in [5, 5.41) is 0. The van der Waals surface area contributed by atoms with Crippen molar-refractivity contribution in [2.75, 3.05) is 13.1 Å². The molecular weight excluding hydrogens is 284 g/mol. The van der Waals surface area contributed by atoms with Gasteiger partial charge in [0.25, 0.3) is 0 Å². The first-order valence-corrected chi connectivity index (χ1v) is 8.30. The van der Waals surface area contributed by atoms with Gasteiger partial charge in [0.15, 0.2) is 0 Å². The first-order chi connectivity index (χ1) is 11.0. The molecule has 1 aliphatic rings. The van der Waals surface area contributed by atoms with Gasteiger partial charge in [-0.2, -0.15) is 0 Å². The van der Waals surface area contributed by atoms with E-state index in [4.69, 9.17) is 0 Å². The molecule has 0 aliphatic carbocycles. The summed E-state index contributed by atoms with van der Waals surface area (Å²) >= 11 is 0. The molecule has 0 amide bonds. The second-order valence-corrected chi connectivity index (χ2v) is 6.60. The number of rotatable bonds is 3. The van der Waals surface area contributed by atoms with Crippen LogP contribution < -0.4 is 0 Å². The van der Waals surface area contributed by atoms with Gasteiger partial charge in [-0.3, -0.25) is 14.7 Å². The highest BCUT2D eigenvalue weighted by Crippen LogP contribution is 2.24. The Labute approximate surface area is 138 Å². The third kappa shape index (κ3) is 3.67. The van der Waals surface area contributed by atoms with Crippen LogP contribution in [0.25, 0.3) is 11.3 Å². The van der Waals surface area contributed by atoms with Gasteiger partial charge in [0.05, 0.1) is 5.69 Å². The van der Waals surface area contributed by atoms with Gasteiger partial charge in [-0.05, 0) is 67.3 Å². The Balaban J connectivity index is 1.81. The smallest absolute Gasteiger partial charge is 0.135 e. The van der Waals surface area contributed by atoms with Crippen molar-refractivity contribution in [2.24, 2.45) is 0 Å². The first-order valence-electron chi connectivity index (χ1n) is 8.30. The van der Waals surface area contributed by atoms with Gasteiger partial charge in [-0.15, -0.1) is 0 Å². The third-order valence-corrected chi connectivity index (χ3v) is 4.87. The minimum atomic E-state index is 0.391. The lowest BCUT2D eigenvalue weighted by Gasteiger charge is -2.25. The minimum Gasteiger partial charge on any atom is -0.300 e. The van der Waals surface area contributed by atoms with E-state index in [2.05, 4.69) is 54.9 Å². The number of Topliss-reactive ketones (excluding diaryl/α,β-unsaturated/α-hetero) is 1. The molecule has 3 rings (SSSR count). The fourth-order valence-electron chi connectivity index (χ4n) is 3.13. The largest absolute Gasteiger partial charge is 0.300 e. The van der Waals surface area contributed by atoms with Crippen LogP contribution in [0.2, 0.25) is 0 Å². The Morgan fingerprint density at radius 3 is 2.35 bits per heavy atom. The number of nitrogens with zero attached hydrogens (tertiary/aromatic N) is 2. The highest BCUT2D eigenvalue weighted by molar-refractivity contribution is 5.79. The molecule has 0 saturated carbocycles. The van der Waals surface area contributed by atoms with Crippen LogP contribution in [0.3, 0.4) is 0 Å². The molecule has 1 aromatic heterocycles. The Kier molecular flexibility index (Phi) is 4.58. The van der Waals surface area contributed by atoms with Crippen LogP contribution in [0.15, 0.2) is 30.5 Å². The molecule has 0 bridgehead atoms. The quantitative estimate of drug-likeness (QED) is 0.864. The topological polar surface area (TPSA) is 33.2 Å². The van der Waals surface area contributed by atoms with E-state index in [-0.39, 0.29) is 0 Å². The number of likely N-dealkylation sites (tertiary alicyclic amines) is 1. The van der Waals surface area contributed by atoms with E-state index in [1.807, 2.05) is 6.20 Å². The molecule has 23 heavy (non-hydrogen) atoms. The number of ketones is 1. The zero-order chi connectivity index (χ0) is 16.4. The highest BCUT2D eigenvalue weighted by Gasteiger charge is 2.16. The predicted octanol–water partition coefficient (Wildman–Crippen LogP) is 3.84. The van der Waals surface area contributed by atoms with Gasteiger partial charge >= 0.3 is 0 Å². The molecule has 0 unspecified atom stereocenters. The maximum absolute atomic E-state index is 11.4. The predicted molar refractivity (Wildman–Crippen MR) is 93.4 cm³/mol. The number of hydrogen-bond donors (Lipinski definition) is 0. The molecule has 1 aromatic carbocycles. The molecule has 0 radical (unpaired) electrons. The molecular formula is C20H24N2O. The van der Waals surface area contributed by atoms with Crippen LogP contribution in [-0.2, 0) is 11.3 Å². The van der Waals surface area contributed by atoms with Crippen molar-refractivity contribution >= 4 is 5.78 Å². The van der Waals surface area contributed by atoms with E-state index < -0.39 is 0 Å². The Hall–Kier alpha value is -2.00. The second kappa shape index (κ2) is 6.63. The van der Waals surface area contributed by atoms with Crippen molar-refractivity contribution in [3.63, 3.8) is 0 Å². The fraction of sp³-hybridized carbons (Fsp3) is 0.400. The number of benzene rings is 1.